The summed E-state index contributed by atoms with van der Waals surface area (Å²) in [6.45, 7) is 4.28. The van der Waals surface area contributed by atoms with Crippen molar-refractivity contribution >= 4 is 40.9 Å². The predicted molar refractivity (Wildman–Crippen MR) is 178 cm³/mol. The van der Waals surface area contributed by atoms with Gasteiger partial charge in [0.25, 0.3) is 0 Å². The molecule has 8 aliphatic rings. The van der Waals surface area contributed by atoms with Gasteiger partial charge in [-0.3, -0.25) is 19.3 Å². The zero-order valence-electron chi connectivity index (χ0n) is 27.6. The van der Waals surface area contributed by atoms with Gasteiger partial charge in [0.1, 0.15) is 41.8 Å². The lowest BCUT2D eigenvalue weighted by molar-refractivity contribution is -0.247. The van der Waals surface area contributed by atoms with Crippen LogP contribution >= 0.6 is 23.5 Å². The van der Waals surface area contributed by atoms with Gasteiger partial charge in [-0.2, -0.15) is 0 Å². The third kappa shape index (κ3) is 4.85. The number of ketones is 3. The minimum absolute atomic E-state index is 0.0147. The zero-order valence-corrected chi connectivity index (χ0v) is 29.3. The van der Waals surface area contributed by atoms with E-state index >= 15 is 0 Å². The summed E-state index contributed by atoms with van der Waals surface area (Å²) in [6.07, 6.45) is -2.83. The van der Waals surface area contributed by atoms with E-state index in [0.29, 0.717) is 35.8 Å². The van der Waals surface area contributed by atoms with Gasteiger partial charge < -0.3 is 43.4 Å². The number of carbonyl (C=O) groups excluding carboxylic acids is 3. The number of rotatable bonds is 5. The number of nitrogens with zero attached hydrogens (tertiary/aromatic N) is 1. The summed E-state index contributed by atoms with van der Waals surface area (Å²) in [5.74, 6) is -1.19. The molecule has 4 saturated heterocycles. The van der Waals surface area contributed by atoms with Crippen LogP contribution in [0.1, 0.15) is 75.8 Å². The Hall–Kier alpha value is -2.73. The van der Waals surface area contributed by atoms with Crippen molar-refractivity contribution in [2.45, 2.75) is 92.6 Å². The molecule has 2 N–H and O–H groups in total. The molecule has 2 aromatic carbocycles. The quantitative estimate of drug-likeness (QED) is 0.395. The fraction of sp³-hybridized carbons (Fsp3) is 0.571. The normalized spacial score (nSPS) is 36.9. The predicted octanol–water partition coefficient (Wildman–Crippen LogP) is 2.58. The van der Waals surface area contributed by atoms with E-state index in [2.05, 4.69) is 4.90 Å². The fourth-order valence-corrected chi connectivity index (χ4v) is 11.3. The molecule has 6 aliphatic heterocycles. The molecule has 50 heavy (non-hydrogen) atoms. The van der Waals surface area contributed by atoms with Crippen molar-refractivity contribution in [3.63, 3.8) is 0 Å². The number of thioether (sulfide) groups is 2. The van der Waals surface area contributed by atoms with E-state index in [1.807, 2.05) is 13.8 Å². The topological polar surface area (TPSA) is 160 Å². The number of aliphatic hydroxyl groups excluding tert-OH is 1. The van der Waals surface area contributed by atoms with E-state index in [4.69, 9.17) is 33.2 Å². The van der Waals surface area contributed by atoms with E-state index in [-0.39, 0.29) is 82.9 Å². The fourth-order valence-electron chi connectivity index (χ4n) is 8.69. The van der Waals surface area contributed by atoms with E-state index in [1.54, 1.807) is 18.2 Å². The summed E-state index contributed by atoms with van der Waals surface area (Å²) in [4.78, 5) is 44.5. The molecular formula is C35H37NO12S2. The molecule has 10 atom stereocenters. The highest BCUT2D eigenvalue weighted by atomic mass is 32.2. The van der Waals surface area contributed by atoms with Crippen molar-refractivity contribution in [2.75, 3.05) is 32.0 Å². The second kappa shape index (κ2) is 12.2. The first kappa shape index (κ1) is 33.1. The maximum Gasteiger partial charge on any atom is 0.202 e. The van der Waals surface area contributed by atoms with Crippen molar-refractivity contribution in [2.24, 2.45) is 0 Å². The molecule has 4 fully saturated rings. The Labute approximate surface area is 296 Å². The van der Waals surface area contributed by atoms with E-state index in [1.165, 1.54) is 30.6 Å². The number of morpholine rings is 1. The molecule has 2 aromatic rings. The number of carbonyl (C=O) groups is 3. The lowest BCUT2D eigenvalue weighted by Gasteiger charge is -2.44. The van der Waals surface area contributed by atoms with Crippen LogP contribution in [0, 0.1) is 0 Å². The number of hydrogen-bond acceptors (Lipinski definition) is 15. The molecule has 15 heteroatoms. The van der Waals surface area contributed by atoms with Gasteiger partial charge in [-0.05, 0) is 19.9 Å². The second-order valence-electron chi connectivity index (χ2n) is 13.8. The minimum Gasteiger partial charge on any atom is -0.496 e. The van der Waals surface area contributed by atoms with Crippen LogP contribution in [0.2, 0.25) is 0 Å². The molecule has 1 unspecified atom stereocenters. The molecule has 6 heterocycles. The van der Waals surface area contributed by atoms with Gasteiger partial charge in [0.15, 0.2) is 28.7 Å². The summed E-state index contributed by atoms with van der Waals surface area (Å²) >= 11 is 3.01. The SMILES string of the molecule is COc1cccc2c1C(=O)c1c3c4c(c(c1C2=O)OC1SCS[C@H]1O3)C[C@@](O)(C(=O)CO)C[C@@H]4O[C@H]1C[C@H]2[C@H](O[C@@H]3[C@@H](C)OCCN32)[C@H](C)O1. The number of aliphatic hydroxyl groups is 2. The first-order valence-corrected chi connectivity index (χ1v) is 19.0. The van der Waals surface area contributed by atoms with Crippen LogP contribution in [0.5, 0.6) is 17.2 Å². The highest BCUT2D eigenvalue weighted by molar-refractivity contribution is 8.19. The average Bonchev–Trinajstić information content (AvgIpc) is 3.70. The van der Waals surface area contributed by atoms with Crippen LogP contribution < -0.4 is 14.2 Å². The van der Waals surface area contributed by atoms with Crippen LogP contribution in [0.25, 0.3) is 0 Å². The molecular weight excluding hydrogens is 691 g/mol. The molecule has 0 saturated carbocycles. The first-order chi connectivity index (χ1) is 24.1. The number of ether oxygens (including phenoxy) is 7. The summed E-state index contributed by atoms with van der Waals surface area (Å²) in [5, 5.41) is 22.6. The third-order valence-electron chi connectivity index (χ3n) is 11.0. The lowest BCUT2D eigenvalue weighted by atomic mass is 9.71. The zero-order chi connectivity index (χ0) is 34.6. The highest BCUT2D eigenvalue weighted by Crippen LogP contribution is 2.57. The number of benzene rings is 2. The van der Waals surface area contributed by atoms with Crippen molar-refractivity contribution in [3.8, 4) is 17.2 Å². The Balaban J connectivity index is 1.19. The third-order valence-corrected chi connectivity index (χ3v) is 13.6. The van der Waals surface area contributed by atoms with E-state index in [0.717, 1.165) is 0 Å². The lowest BCUT2D eigenvalue weighted by Crippen LogP contribution is -2.54. The molecule has 0 amide bonds. The highest BCUT2D eigenvalue weighted by Gasteiger charge is 2.55. The van der Waals surface area contributed by atoms with Crippen LogP contribution in [0.4, 0.5) is 0 Å². The van der Waals surface area contributed by atoms with Gasteiger partial charge in [0.2, 0.25) is 5.78 Å². The van der Waals surface area contributed by atoms with Gasteiger partial charge >= 0.3 is 0 Å². The smallest absolute Gasteiger partial charge is 0.202 e. The Kier molecular flexibility index (Phi) is 8.06. The van der Waals surface area contributed by atoms with Crippen molar-refractivity contribution in [3.05, 3.63) is 51.6 Å². The summed E-state index contributed by atoms with van der Waals surface area (Å²) in [6, 6.07) is 4.81. The number of methoxy groups -OCH3 is 1. The summed E-state index contributed by atoms with van der Waals surface area (Å²) in [7, 11) is 1.44. The van der Waals surface area contributed by atoms with Crippen molar-refractivity contribution in [1.29, 1.82) is 0 Å². The monoisotopic (exact) mass is 727 g/mol. The van der Waals surface area contributed by atoms with Crippen molar-refractivity contribution in [1.82, 2.24) is 4.90 Å². The molecule has 266 valence electrons. The van der Waals surface area contributed by atoms with Crippen LogP contribution in [0.3, 0.4) is 0 Å². The molecule has 0 aromatic heterocycles. The van der Waals surface area contributed by atoms with Gasteiger partial charge in [-0.1, -0.05) is 12.1 Å². The number of Topliss-reactive ketones (excluding diaryl/α,β-unsaturated/α-hetero) is 1. The summed E-state index contributed by atoms with van der Waals surface area (Å²) < 4.78 is 44.3. The van der Waals surface area contributed by atoms with Crippen LogP contribution in [0.15, 0.2) is 18.2 Å². The van der Waals surface area contributed by atoms with E-state index in [9.17, 15) is 24.6 Å². The minimum atomic E-state index is -2.07. The Morgan fingerprint density at radius 1 is 1.04 bits per heavy atom. The molecule has 13 nitrogen and oxygen atoms in total. The molecule has 0 spiro atoms. The van der Waals surface area contributed by atoms with E-state index < -0.39 is 52.8 Å². The Bertz CT molecular complexity index is 1810. The Morgan fingerprint density at radius 2 is 1.80 bits per heavy atom. The maximum absolute atomic E-state index is 14.6. The van der Waals surface area contributed by atoms with Gasteiger partial charge in [0.05, 0.1) is 48.7 Å². The molecule has 2 bridgehead atoms. The molecule has 10 rings (SSSR count). The first-order valence-electron chi connectivity index (χ1n) is 16.9. The largest absolute Gasteiger partial charge is 0.496 e. The van der Waals surface area contributed by atoms with Gasteiger partial charge in [-0.15, -0.1) is 23.5 Å². The standard InChI is InChI=1S/C35H37NO12S2/c1-14-29-18(36-7-8-43-15(2)32(36)46-29)9-22(44-14)45-20-11-35(41,21(38)12-37)10-17-24(20)31-26-25(30(17)47-33-34(48-31)50-13-49-33)27(39)16-5-4-6-19(42-3)23(16)28(26)40/h4-6,14-15,18,20,22,29,32-34,37,41H,7-13H2,1-3H3/t14-,15+,18-,20-,22-,29+,32+,33?,34+,35-/m0/s1. The molecule has 0 radical (unpaired) electrons. The number of hydrogen-bond donors (Lipinski definition) is 2. The molecule has 2 aliphatic carbocycles. The number of fused-ring (bicyclic) bond motifs is 4. The van der Waals surface area contributed by atoms with Gasteiger partial charge in [-0.25, -0.2) is 0 Å². The second-order valence-corrected chi connectivity index (χ2v) is 16.3. The van der Waals surface area contributed by atoms with Crippen LogP contribution in [-0.2, 0) is 30.2 Å². The maximum atomic E-state index is 14.6. The van der Waals surface area contributed by atoms with Crippen molar-refractivity contribution < 1.29 is 57.8 Å². The average molecular weight is 728 g/mol. The van der Waals surface area contributed by atoms with Gasteiger partial charge in [0, 0.05) is 53.6 Å². The Morgan fingerprint density at radius 3 is 2.56 bits per heavy atom. The van der Waals surface area contributed by atoms with Crippen LogP contribution in [-0.4, -0.2) is 118 Å². The summed E-state index contributed by atoms with van der Waals surface area (Å²) in [5.41, 5.74) is -2.03.